The Bertz CT molecular complexity index is 808. The average Bonchev–Trinajstić information content (AvgIpc) is 2.99. The highest BCUT2D eigenvalue weighted by Gasteiger charge is 2.46. The Kier molecular flexibility index (Phi) is 4.90. The van der Waals surface area contributed by atoms with E-state index in [1.54, 1.807) is 17.4 Å². The fraction of sp³-hybridized carbons (Fsp3) is 0.500. The van der Waals surface area contributed by atoms with Gasteiger partial charge in [-0.2, -0.15) is 0 Å². The van der Waals surface area contributed by atoms with E-state index in [1.165, 1.54) is 10.4 Å². The van der Waals surface area contributed by atoms with E-state index in [0.717, 1.165) is 35.8 Å². The molecule has 4 nitrogen and oxygen atoms in total. The van der Waals surface area contributed by atoms with Gasteiger partial charge < -0.3 is 19.9 Å². The van der Waals surface area contributed by atoms with Gasteiger partial charge in [0.2, 0.25) is 0 Å². The number of phenols is 1. The van der Waals surface area contributed by atoms with Crippen molar-refractivity contribution in [3.63, 3.8) is 0 Å². The van der Waals surface area contributed by atoms with Gasteiger partial charge >= 0.3 is 0 Å². The van der Waals surface area contributed by atoms with Gasteiger partial charge in [0.1, 0.15) is 5.60 Å². The van der Waals surface area contributed by atoms with Crippen molar-refractivity contribution in [2.75, 3.05) is 13.2 Å². The minimum atomic E-state index is -0.287. The first-order valence-corrected chi connectivity index (χ1v) is 10.3. The Morgan fingerprint density at radius 1 is 1.38 bits per heavy atom. The Morgan fingerprint density at radius 2 is 2.23 bits per heavy atom. The predicted molar refractivity (Wildman–Crippen MR) is 105 cm³/mol. The first kappa shape index (κ1) is 18.1. The number of aromatic hydroxyl groups is 1. The van der Waals surface area contributed by atoms with Gasteiger partial charge in [0.15, 0.2) is 11.5 Å². The zero-order chi connectivity index (χ0) is 18.3. The standard InChI is InChI=1S/C20H24ClNO3S/c1-3-24-17-8-13(4-5-16(17)23)15-11-20(10-12(2)22-15)19-14(6-7-25-20)9-18(21)26-19/h4-5,8-9,12,15,22-23H,3,6-7,10-11H2,1-2H3/t12-,15-,20-/m0/s1. The van der Waals surface area contributed by atoms with Crippen LogP contribution in [0.4, 0.5) is 0 Å². The maximum Gasteiger partial charge on any atom is 0.161 e. The van der Waals surface area contributed by atoms with E-state index in [2.05, 4.69) is 18.3 Å². The zero-order valence-corrected chi connectivity index (χ0v) is 16.6. The molecule has 4 rings (SSSR count). The third-order valence-electron chi connectivity index (χ3n) is 5.28. The van der Waals surface area contributed by atoms with Crippen molar-refractivity contribution in [1.29, 1.82) is 0 Å². The van der Waals surface area contributed by atoms with Crippen LogP contribution in [0.25, 0.3) is 0 Å². The molecule has 6 heteroatoms. The van der Waals surface area contributed by atoms with Crippen LogP contribution in [-0.4, -0.2) is 24.4 Å². The van der Waals surface area contributed by atoms with Crippen molar-refractivity contribution in [2.24, 2.45) is 0 Å². The molecule has 3 atom stereocenters. The summed E-state index contributed by atoms with van der Waals surface area (Å²) in [5.74, 6) is 0.707. The summed E-state index contributed by atoms with van der Waals surface area (Å²) in [7, 11) is 0. The molecule has 2 N–H and O–H groups in total. The number of halogens is 1. The Hall–Kier alpha value is -1.27. The molecule has 2 aliphatic rings. The van der Waals surface area contributed by atoms with E-state index in [-0.39, 0.29) is 17.4 Å². The maximum absolute atomic E-state index is 10.0. The Morgan fingerprint density at radius 3 is 3.04 bits per heavy atom. The molecule has 0 aliphatic carbocycles. The lowest BCUT2D eigenvalue weighted by Crippen LogP contribution is -2.49. The summed E-state index contributed by atoms with van der Waals surface area (Å²) in [6, 6.07) is 8.15. The van der Waals surface area contributed by atoms with Crippen molar-refractivity contribution >= 4 is 22.9 Å². The molecule has 0 bridgehead atoms. The number of hydrogen-bond donors (Lipinski definition) is 2. The highest BCUT2D eigenvalue weighted by molar-refractivity contribution is 7.16. The van der Waals surface area contributed by atoms with Gasteiger partial charge in [0.05, 0.1) is 17.6 Å². The lowest BCUT2D eigenvalue weighted by atomic mass is 9.78. The molecule has 1 spiro atoms. The largest absolute Gasteiger partial charge is 0.504 e. The highest BCUT2D eigenvalue weighted by atomic mass is 35.5. The number of phenolic OH excluding ortho intramolecular Hbond substituents is 1. The summed E-state index contributed by atoms with van der Waals surface area (Å²) >= 11 is 7.98. The van der Waals surface area contributed by atoms with Crippen molar-refractivity contribution in [3.8, 4) is 11.5 Å². The third kappa shape index (κ3) is 3.22. The number of piperidine rings is 1. The molecule has 3 heterocycles. The van der Waals surface area contributed by atoms with Crippen molar-refractivity contribution in [3.05, 3.63) is 44.6 Å². The first-order chi connectivity index (χ1) is 12.5. The van der Waals surface area contributed by atoms with Crippen LogP contribution in [0.3, 0.4) is 0 Å². The number of fused-ring (bicyclic) bond motifs is 2. The van der Waals surface area contributed by atoms with Gasteiger partial charge in [0.25, 0.3) is 0 Å². The third-order valence-corrected chi connectivity index (χ3v) is 6.78. The van der Waals surface area contributed by atoms with Gasteiger partial charge in [-0.05, 0) is 56.0 Å². The van der Waals surface area contributed by atoms with E-state index in [1.807, 2.05) is 19.1 Å². The smallest absolute Gasteiger partial charge is 0.161 e. The summed E-state index contributed by atoms with van der Waals surface area (Å²) in [6.45, 7) is 5.37. The predicted octanol–water partition coefficient (Wildman–Crippen LogP) is 4.79. The van der Waals surface area contributed by atoms with Crippen LogP contribution in [0, 0.1) is 0 Å². The zero-order valence-electron chi connectivity index (χ0n) is 15.0. The van der Waals surface area contributed by atoms with Crippen molar-refractivity contribution in [2.45, 2.75) is 50.8 Å². The van der Waals surface area contributed by atoms with Gasteiger partial charge in [-0.3, -0.25) is 0 Å². The SMILES string of the molecule is CCOc1cc([C@@H]2C[C@]3(C[C@H](C)N2)OCCc2cc(Cl)sc23)ccc1O. The van der Waals surface area contributed by atoms with Gasteiger partial charge in [0, 0.05) is 23.4 Å². The number of thiophene rings is 1. The van der Waals surface area contributed by atoms with Crippen LogP contribution in [0.15, 0.2) is 24.3 Å². The Balaban J connectivity index is 1.69. The number of benzene rings is 1. The van der Waals surface area contributed by atoms with Crippen molar-refractivity contribution < 1.29 is 14.6 Å². The van der Waals surface area contributed by atoms with E-state index in [0.29, 0.717) is 18.4 Å². The van der Waals surface area contributed by atoms with Crippen LogP contribution >= 0.6 is 22.9 Å². The Labute approximate surface area is 163 Å². The van der Waals surface area contributed by atoms with Crippen LogP contribution in [0.5, 0.6) is 11.5 Å². The lowest BCUT2D eigenvalue weighted by Gasteiger charge is -2.46. The monoisotopic (exact) mass is 393 g/mol. The number of hydrogen-bond acceptors (Lipinski definition) is 5. The second-order valence-corrected chi connectivity index (χ2v) is 8.87. The molecule has 0 unspecified atom stereocenters. The van der Waals surface area contributed by atoms with E-state index < -0.39 is 0 Å². The average molecular weight is 394 g/mol. The van der Waals surface area contributed by atoms with E-state index in [4.69, 9.17) is 21.1 Å². The lowest BCUT2D eigenvalue weighted by molar-refractivity contribution is -0.0954. The second-order valence-electron chi connectivity index (χ2n) is 7.19. The summed E-state index contributed by atoms with van der Waals surface area (Å²) in [4.78, 5) is 1.29. The molecule has 0 saturated carbocycles. The molecule has 140 valence electrons. The molecule has 1 fully saturated rings. The summed E-state index contributed by atoms with van der Waals surface area (Å²) in [6.07, 6.45) is 2.71. The molecular weight excluding hydrogens is 370 g/mol. The summed E-state index contributed by atoms with van der Waals surface area (Å²) in [5.41, 5.74) is 2.15. The van der Waals surface area contributed by atoms with Crippen LogP contribution in [0.2, 0.25) is 4.34 Å². The second kappa shape index (κ2) is 7.04. The number of nitrogens with one attached hydrogen (secondary N) is 1. The fourth-order valence-electron chi connectivity index (χ4n) is 4.29. The topological polar surface area (TPSA) is 50.7 Å². The maximum atomic E-state index is 10.0. The summed E-state index contributed by atoms with van der Waals surface area (Å²) in [5, 5.41) is 13.7. The quantitative estimate of drug-likeness (QED) is 0.787. The summed E-state index contributed by atoms with van der Waals surface area (Å²) < 4.78 is 12.8. The minimum Gasteiger partial charge on any atom is -0.504 e. The molecule has 1 aromatic heterocycles. The highest BCUT2D eigenvalue weighted by Crippen LogP contribution is 2.50. The fourth-order valence-corrected chi connectivity index (χ4v) is 5.76. The number of rotatable bonds is 3. The van der Waals surface area contributed by atoms with Crippen LogP contribution in [-0.2, 0) is 16.8 Å². The molecule has 1 saturated heterocycles. The molecule has 2 aliphatic heterocycles. The molecule has 1 aromatic carbocycles. The number of ether oxygens (including phenoxy) is 2. The molecule has 2 aromatic rings. The van der Waals surface area contributed by atoms with E-state index >= 15 is 0 Å². The van der Waals surface area contributed by atoms with Gasteiger partial charge in [-0.25, -0.2) is 0 Å². The molecule has 26 heavy (non-hydrogen) atoms. The van der Waals surface area contributed by atoms with Gasteiger partial charge in [-0.1, -0.05) is 17.7 Å². The first-order valence-electron chi connectivity index (χ1n) is 9.15. The minimum absolute atomic E-state index is 0.130. The van der Waals surface area contributed by atoms with Gasteiger partial charge in [-0.15, -0.1) is 11.3 Å². The normalized spacial score (nSPS) is 28.1. The molecular formula is C20H24ClNO3S. The van der Waals surface area contributed by atoms with Crippen LogP contribution < -0.4 is 10.1 Å². The van der Waals surface area contributed by atoms with E-state index in [9.17, 15) is 5.11 Å². The van der Waals surface area contributed by atoms with Crippen LogP contribution in [0.1, 0.15) is 48.7 Å². The molecule has 0 amide bonds. The van der Waals surface area contributed by atoms with Crippen molar-refractivity contribution in [1.82, 2.24) is 5.32 Å². The molecule has 0 radical (unpaired) electrons.